The van der Waals surface area contributed by atoms with Crippen LogP contribution < -0.4 is 9.64 Å². The summed E-state index contributed by atoms with van der Waals surface area (Å²) >= 11 is 0. The van der Waals surface area contributed by atoms with Crippen molar-refractivity contribution in [2.75, 3.05) is 18.0 Å². The smallest absolute Gasteiger partial charge is 0.308 e. The molecule has 0 unspecified atom stereocenters. The van der Waals surface area contributed by atoms with Gasteiger partial charge in [0.1, 0.15) is 5.75 Å². The molecular formula is C17H20N2O5. The van der Waals surface area contributed by atoms with E-state index >= 15 is 0 Å². The minimum absolute atomic E-state index is 0.153. The van der Waals surface area contributed by atoms with Crippen LogP contribution in [0.1, 0.15) is 26.2 Å². The standard InChI is InChI=1S/C17H20N2O5/c1-11(20)24-14-4-2-12(3-5-14)19-16(22)10-15(17(19)23)18-8-6-13(21)7-9-18/h2-5,13,15,21H,6-10H2,1H3/t15-/m1/s1. The van der Waals surface area contributed by atoms with E-state index in [2.05, 4.69) is 0 Å². The van der Waals surface area contributed by atoms with Crippen LogP contribution in [0.4, 0.5) is 5.69 Å². The van der Waals surface area contributed by atoms with Crippen LogP contribution in [0.5, 0.6) is 5.75 Å². The summed E-state index contributed by atoms with van der Waals surface area (Å²) in [6.07, 6.45) is 1.07. The lowest BCUT2D eigenvalue weighted by Gasteiger charge is -2.32. The Kier molecular flexibility index (Phi) is 4.64. The molecule has 2 fully saturated rings. The lowest BCUT2D eigenvalue weighted by atomic mass is 10.1. The van der Waals surface area contributed by atoms with E-state index in [-0.39, 0.29) is 24.3 Å². The summed E-state index contributed by atoms with van der Waals surface area (Å²) in [5.41, 5.74) is 0.473. The number of rotatable bonds is 3. The quantitative estimate of drug-likeness (QED) is 0.498. The zero-order valence-electron chi connectivity index (χ0n) is 13.5. The first kappa shape index (κ1) is 16.6. The maximum atomic E-state index is 12.7. The Bertz CT molecular complexity index is 649. The second-order valence-corrected chi connectivity index (χ2v) is 6.14. The average Bonchev–Trinajstić information content (AvgIpc) is 2.83. The van der Waals surface area contributed by atoms with Crippen LogP contribution in [0, 0.1) is 0 Å². The molecule has 0 radical (unpaired) electrons. The van der Waals surface area contributed by atoms with Gasteiger partial charge in [0.15, 0.2) is 0 Å². The molecule has 0 bridgehead atoms. The van der Waals surface area contributed by atoms with Gasteiger partial charge in [0.2, 0.25) is 5.91 Å². The molecule has 3 rings (SSSR count). The number of likely N-dealkylation sites (tertiary alicyclic amines) is 1. The fourth-order valence-corrected chi connectivity index (χ4v) is 3.20. The summed E-state index contributed by atoms with van der Waals surface area (Å²) in [6.45, 7) is 2.54. The zero-order chi connectivity index (χ0) is 17.3. The fraction of sp³-hybridized carbons (Fsp3) is 0.471. The molecule has 2 aliphatic rings. The van der Waals surface area contributed by atoms with Crippen LogP contribution in [0.15, 0.2) is 24.3 Å². The average molecular weight is 332 g/mol. The monoisotopic (exact) mass is 332 g/mol. The Morgan fingerprint density at radius 1 is 1.17 bits per heavy atom. The maximum absolute atomic E-state index is 12.7. The number of aliphatic hydroxyl groups is 1. The minimum Gasteiger partial charge on any atom is -0.427 e. The van der Waals surface area contributed by atoms with E-state index in [1.807, 2.05) is 4.90 Å². The number of nitrogens with zero attached hydrogens (tertiary/aromatic N) is 2. The van der Waals surface area contributed by atoms with Gasteiger partial charge in [-0.25, -0.2) is 4.90 Å². The zero-order valence-corrected chi connectivity index (χ0v) is 13.5. The van der Waals surface area contributed by atoms with Crippen molar-refractivity contribution in [3.8, 4) is 5.75 Å². The number of piperidine rings is 1. The molecule has 1 aromatic carbocycles. The molecule has 0 spiro atoms. The van der Waals surface area contributed by atoms with Gasteiger partial charge < -0.3 is 9.84 Å². The minimum atomic E-state index is -0.460. The normalized spacial score (nSPS) is 22.9. The summed E-state index contributed by atoms with van der Waals surface area (Å²) in [7, 11) is 0. The van der Waals surface area contributed by atoms with Gasteiger partial charge in [0.05, 0.1) is 24.3 Å². The lowest BCUT2D eigenvalue weighted by molar-refractivity contribution is -0.132. The molecule has 1 aromatic rings. The number of aliphatic hydroxyl groups excluding tert-OH is 1. The molecule has 7 heteroatoms. The van der Waals surface area contributed by atoms with Crippen molar-refractivity contribution < 1.29 is 24.2 Å². The molecule has 0 saturated carbocycles. The van der Waals surface area contributed by atoms with Crippen LogP contribution >= 0.6 is 0 Å². The molecule has 2 heterocycles. The predicted molar refractivity (Wildman–Crippen MR) is 85.5 cm³/mol. The third kappa shape index (κ3) is 3.32. The molecule has 0 aromatic heterocycles. The third-order valence-corrected chi connectivity index (χ3v) is 4.42. The molecule has 1 N–H and O–H groups in total. The van der Waals surface area contributed by atoms with Crippen molar-refractivity contribution in [1.82, 2.24) is 4.90 Å². The second-order valence-electron chi connectivity index (χ2n) is 6.14. The van der Waals surface area contributed by atoms with Crippen molar-refractivity contribution in [2.45, 2.75) is 38.3 Å². The van der Waals surface area contributed by atoms with Gasteiger partial charge in [-0.05, 0) is 37.1 Å². The number of esters is 1. The summed E-state index contributed by atoms with van der Waals surface area (Å²) in [6, 6.07) is 5.84. The molecule has 2 aliphatic heterocycles. The molecule has 1 atom stereocenters. The summed E-state index contributed by atoms with van der Waals surface area (Å²) in [4.78, 5) is 39.1. The largest absolute Gasteiger partial charge is 0.427 e. The molecule has 128 valence electrons. The molecular weight excluding hydrogens is 312 g/mol. The van der Waals surface area contributed by atoms with E-state index < -0.39 is 12.0 Å². The van der Waals surface area contributed by atoms with Gasteiger partial charge in [0, 0.05) is 20.0 Å². The Balaban J connectivity index is 1.73. The number of anilines is 1. The van der Waals surface area contributed by atoms with Crippen LogP contribution in [0.3, 0.4) is 0 Å². The van der Waals surface area contributed by atoms with E-state index in [4.69, 9.17) is 4.74 Å². The van der Waals surface area contributed by atoms with Crippen molar-refractivity contribution in [1.29, 1.82) is 0 Å². The maximum Gasteiger partial charge on any atom is 0.308 e. The Morgan fingerprint density at radius 2 is 1.79 bits per heavy atom. The molecule has 24 heavy (non-hydrogen) atoms. The van der Waals surface area contributed by atoms with Gasteiger partial charge in [0.25, 0.3) is 5.91 Å². The van der Waals surface area contributed by atoms with E-state index in [0.29, 0.717) is 37.4 Å². The van der Waals surface area contributed by atoms with Crippen molar-refractivity contribution >= 4 is 23.5 Å². The molecule has 2 amide bonds. The highest BCUT2D eigenvalue weighted by Gasteiger charge is 2.43. The number of hydrogen-bond donors (Lipinski definition) is 1. The predicted octanol–water partition coefficient (Wildman–Crippen LogP) is 0.700. The second kappa shape index (κ2) is 6.70. The van der Waals surface area contributed by atoms with Crippen molar-refractivity contribution in [2.24, 2.45) is 0 Å². The molecule has 2 saturated heterocycles. The highest BCUT2D eigenvalue weighted by atomic mass is 16.5. The van der Waals surface area contributed by atoms with Gasteiger partial charge >= 0.3 is 5.97 Å². The first-order valence-corrected chi connectivity index (χ1v) is 8.03. The van der Waals surface area contributed by atoms with E-state index in [1.165, 1.54) is 11.8 Å². The number of carbonyl (C=O) groups is 3. The van der Waals surface area contributed by atoms with Gasteiger partial charge in [-0.2, -0.15) is 0 Å². The Hall–Kier alpha value is -2.25. The van der Waals surface area contributed by atoms with E-state index in [0.717, 1.165) is 0 Å². The number of carbonyl (C=O) groups excluding carboxylic acids is 3. The van der Waals surface area contributed by atoms with Gasteiger partial charge in [-0.15, -0.1) is 0 Å². The Labute approximate surface area is 139 Å². The number of benzene rings is 1. The summed E-state index contributed by atoms with van der Waals surface area (Å²) in [5, 5.41) is 9.58. The number of ether oxygens (including phenoxy) is 1. The number of amides is 2. The summed E-state index contributed by atoms with van der Waals surface area (Å²) < 4.78 is 4.95. The summed E-state index contributed by atoms with van der Waals surface area (Å²) in [5.74, 6) is -0.539. The number of imide groups is 1. The Morgan fingerprint density at radius 3 is 2.38 bits per heavy atom. The topological polar surface area (TPSA) is 87.2 Å². The molecule has 0 aliphatic carbocycles. The van der Waals surface area contributed by atoms with Gasteiger partial charge in [-0.3, -0.25) is 19.3 Å². The van der Waals surface area contributed by atoms with Crippen LogP contribution in [-0.4, -0.2) is 53.0 Å². The van der Waals surface area contributed by atoms with E-state index in [9.17, 15) is 19.5 Å². The van der Waals surface area contributed by atoms with Crippen LogP contribution in [0.2, 0.25) is 0 Å². The van der Waals surface area contributed by atoms with E-state index in [1.54, 1.807) is 24.3 Å². The highest BCUT2D eigenvalue weighted by molar-refractivity contribution is 6.22. The lowest BCUT2D eigenvalue weighted by Crippen LogP contribution is -2.46. The van der Waals surface area contributed by atoms with Crippen molar-refractivity contribution in [3.63, 3.8) is 0 Å². The van der Waals surface area contributed by atoms with Crippen LogP contribution in [0.25, 0.3) is 0 Å². The number of hydrogen-bond acceptors (Lipinski definition) is 6. The first-order valence-electron chi connectivity index (χ1n) is 8.03. The molecule has 7 nitrogen and oxygen atoms in total. The SMILES string of the molecule is CC(=O)Oc1ccc(N2C(=O)C[C@@H](N3CCC(O)CC3)C2=O)cc1. The third-order valence-electron chi connectivity index (χ3n) is 4.42. The first-order chi connectivity index (χ1) is 11.5. The highest BCUT2D eigenvalue weighted by Crippen LogP contribution is 2.28. The fourth-order valence-electron chi connectivity index (χ4n) is 3.20. The van der Waals surface area contributed by atoms with Gasteiger partial charge in [-0.1, -0.05) is 0 Å². The van der Waals surface area contributed by atoms with Crippen molar-refractivity contribution in [3.05, 3.63) is 24.3 Å². The van der Waals surface area contributed by atoms with Crippen LogP contribution in [-0.2, 0) is 14.4 Å².